The minimum Gasteiger partial charge on any atom is -0.396 e. The van der Waals surface area contributed by atoms with Crippen LogP contribution in [0, 0.1) is 11.8 Å². The van der Waals surface area contributed by atoms with Crippen molar-refractivity contribution in [1.82, 2.24) is 0 Å². The maximum atomic E-state index is 8.65. The monoisotopic (exact) mass is 216 g/mol. The Morgan fingerprint density at radius 2 is 1.73 bits per heavy atom. The van der Waals surface area contributed by atoms with Crippen molar-refractivity contribution < 1.29 is 9.84 Å². The van der Waals surface area contributed by atoms with E-state index in [0.29, 0.717) is 12.5 Å². The molecule has 2 atom stereocenters. The van der Waals surface area contributed by atoms with Crippen LogP contribution in [0.25, 0.3) is 0 Å². The third-order valence-electron chi connectivity index (χ3n) is 3.15. The molecule has 0 radical (unpaired) electrons. The first-order valence-corrected chi connectivity index (χ1v) is 6.48. The minimum absolute atomic E-state index is 0.239. The van der Waals surface area contributed by atoms with Crippen molar-refractivity contribution in [1.29, 1.82) is 0 Å². The van der Waals surface area contributed by atoms with Crippen LogP contribution in [0.15, 0.2) is 0 Å². The summed E-state index contributed by atoms with van der Waals surface area (Å²) in [6.45, 7) is 8.59. The molecule has 15 heavy (non-hydrogen) atoms. The van der Waals surface area contributed by atoms with Gasteiger partial charge in [0.25, 0.3) is 0 Å². The Morgan fingerprint density at radius 3 is 2.20 bits per heavy atom. The number of rotatable bonds is 10. The Bertz CT molecular complexity index is 126. The van der Waals surface area contributed by atoms with Crippen molar-refractivity contribution in [2.24, 2.45) is 11.8 Å². The van der Waals surface area contributed by atoms with Crippen molar-refractivity contribution >= 4 is 0 Å². The van der Waals surface area contributed by atoms with Gasteiger partial charge in [-0.25, -0.2) is 0 Å². The van der Waals surface area contributed by atoms with Crippen LogP contribution >= 0.6 is 0 Å². The summed E-state index contributed by atoms with van der Waals surface area (Å²) in [6.07, 6.45) is 5.82. The number of hydrogen-bond donors (Lipinski definition) is 1. The van der Waals surface area contributed by atoms with Crippen LogP contribution in [0.5, 0.6) is 0 Å². The molecule has 0 spiro atoms. The molecule has 0 rings (SSSR count). The molecule has 2 unspecified atom stereocenters. The van der Waals surface area contributed by atoms with Gasteiger partial charge in [0, 0.05) is 19.8 Å². The fourth-order valence-corrected chi connectivity index (χ4v) is 2.13. The zero-order valence-electron chi connectivity index (χ0n) is 10.7. The highest BCUT2D eigenvalue weighted by molar-refractivity contribution is 4.67. The Balaban J connectivity index is 3.76. The predicted molar refractivity (Wildman–Crippen MR) is 65.0 cm³/mol. The number of hydrogen-bond acceptors (Lipinski definition) is 2. The van der Waals surface area contributed by atoms with Gasteiger partial charge in [-0.05, 0) is 18.3 Å². The standard InChI is InChI=1S/C13H28O2/c1-4-8-12(5-2)13(6-3)11-15-10-7-9-14/h12-14H,4-11H2,1-3H3. The van der Waals surface area contributed by atoms with Gasteiger partial charge in [-0.15, -0.1) is 0 Å². The second-order valence-electron chi connectivity index (χ2n) is 4.28. The molecule has 0 aromatic heterocycles. The quantitative estimate of drug-likeness (QED) is 0.568. The number of ether oxygens (including phenoxy) is 1. The second kappa shape index (κ2) is 10.4. The van der Waals surface area contributed by atoms with E-state index in [0.717, 1.165) is 18.9 Å². The first kappa shape index (κ1) is 14.9. The van der Waals surface area contributed by atoms with Crippen molar-refractivity contribution in [3.63, 3.8) is 0 Å². The average Bonchev–Trinajstić information content (AvgIpc) is 2.27. The molecule has 1 N–H and O–H groups in total. The molecule has 0 aliphatic heterocycles. The van der Waals surface area contributed by atoms with E-state index in [2.05, 4.69) is 20.8 Å². The van der Waals surface area contributed by atoms with E-state index >= 15 is 0 Å². The van der Waals surface area contributed by atoms with E-state index < -0.39 is 0 Å². The zero-order valence-corrected chi connectivity index (χ0v) is 10.7. The lowest BCUT2D eigenvalue weighted by Gasteiger charge is -2.24. The first-order valence-electron chi connectivity index (χ1n) is 6.48. The molecule has 0 aromatic carbocycles. The van der Waals surface area contributed by atoms with E-state index in [-0.39, 0.29) is 6.61 Å². The zero-order chi connectivity index (χ0) is 11.5. The molecule has 0 aliphatic rings. The van der Waals surface area contributed by atoms with Gasteiger partial charge in [-0.2, -0.15) is 0 Å². The minimum atomic E-state index is 0.239. The second-order valence-corrected chi connectivity index (χ2v) is 4.28. The Morgan fingerprint density at radius 1 is 1.07 bits per heavy atom. The molecule has 0 bridgehead atoms. The summed E-state index contributed by atoms with van der Waals surface area (Å²) < 4.78 is 5.60. The van der Waals surface area contributed by atoms with Crippen LogP contribution in [-0.2, 0) is 4.74 Å². The molecule has 0 aromatic rings. The molecule has 0 aliphatic carbocycles. The van der Waals surface area contributed by atoms with E-state index in [1.165, 1.54) is 25.7 Å². The number of aliphatic hydroxyl groups excluding tert-OH is 1. The Kier molecular flexibility index (Phi) is 10.4. The maximum absolute atomic E-state index is 8.65. The SMILES string of the molecule is CCCC(CC)C(CC)COCCCO. The summed E-state index contributed by atoms with van der Waals surface area (Å²) in [5.74, 6) is 1.52. The van der Waals surface area contributed by atoms with E-state index in [9.17, 15) is 0 Å². The fourth-order valence-electron chi connectivity index (χ4n) is 2.13. The highest BCUT2D eigenvalue weighted by Gasteiger charge is 2.17. The van der Waals surface area contributed by atoms with Gasteiger partial charge in [-0.3, -0.25) is 0 Å². The maximum Gasteiger partial charge on any atom is 0.0496 e. The smallest absolute Gasteiger partial charge is 0.0496 e. The molecule has 0 amide bonds. The van der Waals surface area contributed by atoms with Crippen LogP contribution in [-0.4, -0.2) is 24.9 Å². The lowest BCUT2D eigenvalue weighted by molar-refractivity contribution is 0.0624. The van der Waals surface area contributed by atoms with Crippen LogP contribution in [0.1, 0.15) is 52.9 Å². The summed E-state index contributed by atoms with van der Waals surface area (Å²) >= 11 is 0. The van der Waals surface area contributed by atoms with Crippen LogP contribution in [0.2, 0.25) is 0 Å². The lowest BCUT2D eigenvalue weighted by atomic mass is 9.85. The Labute approximate surface area is 95.0 Å². The summed E-state index contributed by atoms with van der Waals surface area (Å²) in [7, 11) is 0. The topological polar surface area (TPSA) is 29.5 Å². The number of aliphatic hydroxyl groups is 1. The average molecular weight is 216 g/mol. The van der Waals surface area contributed by atoms with Gasteiger partial charge in [0.15, 0.2) is 0 Å². The first-order chi connectivity index (χ1) is 7.29. The molecular formula is C13H28O2. The van der Waals surface area contributed by atoms with Crippen molar-refractivity contribution in [2.45, 2.75) is 52.9 Å². The third-order valence-corrected chi connectivity index (χ3v) is 3.15. The molecule has 92 valence electrons. The van der Waals surface area contributed by atoms with Gasteiger partial charge in [0.05, 0.1) is 0 Å². The van der Waals surface area contributed by atoms with Crippen molar-refractivity contribution in [2.75, 3.05) is 19.8 Å². The summed E-state index contributed by atoms with van der Waals surface area (Å²) in [5.41, 5.74) is 0. The van der Waals surface area contributed by atoms with Gasteiger partial charge in [-0.1, -0.05) is 46.5 Å². The normalized spacial score (nSPS) is 15.2. The molecule has 0 saturated carbocycles. The largest absolute Gasteiger partial charge is 0.396 e. The molecule has 0 heterocycles. The Hall–Kier alpha value is -0.0800. The molecule has 2 nitrogen and oxygen atoms in total. The van der Waals surface area contributed by atoms with Gasteiger partial charge >= 0.3 is 0 Å². The molecule has 2 heteroatoms. The van der Waals surface area contributed by atoms with Gasteiger partial charge in [0.2, 0.25) is 0 Å². The van der Waals surface area contributed by atoms with Crippen LogP contribution in [0.4, 0.5) is 0 Å². The summed E-state index contributed by atoms with van der Waals surface area (Å²) in [6, 6.07) is 0. The van der Waals surface area contributed by atoms with Crippen molar-refractivity contribution in [3.05, 3.63) is 0 Å². The van der Waals surface area contributed by atoms with Gasteiger partial charge < -0.3 is 9.84 Å². The lowest BCUT2D eigenvalue weighted by Crippen LogP contribution is -2.19. The van der Waals surface area contributed by atoms with E-state index in [4.69, 9.17) is 9.84 Å². The molecule has 0 fully saturated rings. The fraction of sp³-hybridized carbons (Fsp3) is 1.00. The highest BCUT2D eigenvalue weighted by atomic mass is 16.5. The van der Waals surface area contributed by atoms with Crippen molar-refractivity contribution in [3.8, 4) is 0 Å². The summed E-state index contributed by atoms with van der Waals surface area (Å²) in [4.78, 5) is 0. The predicted octanol–water partition coefficient (Wildman–Crippen LogP) is 3.24. The van der Waals surface area contributed by atoms with Crippen LogP contribution < -0.4 is 0 Å². The van der Waals surface area contributed by atoms with E-state index in [1.54, 1.807) is 0 Å². The molecular weight excluding hydrogens is 188 g/mol. The van der Waals surface area contributed by atoms with Gasteiger partial charge in [0.1, 0.15) is 0 Å². The third kappa shape index (κ3) is 6.91. The molecule has 0 saturated heterocycles. The van der Waals surface area contributed by atoms with E-state index in [1.807, 2.05) is 0 Å². The summed E-state index contributed by atoms with van der Waals surface area (Å²) in [5, 5.41) is 8.65. The highest BCUT2D eigenvalue weighted by Crippen LogP contribution is 2.24. The van der Waals surface area contributed by atoms with Crippen LogP contribution in [0.3, 0.4) is 0 Å².